The van der Waals surface area contributed by atoms with Crippen LogP contribution < -0.4 is 0 Å². The maximum atomic E-state index is 12.3. The zero-order valence-electron chi connectivity index (χ0n) is 15.8. The molecule has 142 valence electrons. The van der Waals surface area contributed by atoms with Gasteiger partial charge in [-0.15, -0.1) is 0 Å². The molecule has 1 aromatic heterocycles. The Kier molecular flexibility index (Phi) is 4.30. The number of benzene rings is 2. The third kappa shape index (κ3) is 2.80. The number of aryl methyl sites for hydroxylation is 2. The van der Waals surface area contributed by atoms with E-state index in [0.717, 1.165) is 27.9 Å². The second-order valence-electron chi connectivity index (χ2n) is 7.35. The van der Waals surface area contributed by atoms with Crippen LogP contribution in [0.1, 0.15) is 39.5 Å². The number of carbonyl (C=O) groups is 2. The van der Waals surface area contributed by atoms with Crippen molar-refractivity contribution in [2.45, 2.75) is 32.7 Å². The lowest BCUT2D eigenvalue weighted by molar-refractivity contribution is -0.138. The van der Waals surface area contributed by atoms with E-state index in [9.17, 15) is 19.8 Å². The second kappa shape index (κ2) is 6.68. The van der Waals surface area contributed by atoms with E-state index in [-0.39, 0.29) is 5.56 Å². The molecule has 0 fully saturated rings. The lowest BCUT2D eigenvalue weighted by Gasteiger charge is -2.11. The largest absolute Gasteiger partial charge is 0.481 e. The molecule has 5 nitrogen and oxygen atoms in total. The van der Waals surface area contributed by atoms with Crippen LogP contribution in [0.2, 0.25) is 0 Å². The fourth-order valence-corrected chi connectivity index (χ4v) is 4.10. The molecule has 2 heterocycles. The van der Waals surface area contributed by atoms with Crippen molar-refractivity contribution in [1.29, 1.82) is 0 Å². The van der Waals surface area contributed by atoms with Crippen LogP contribution in [0.5, 0.6) is 0 Å². The lowest BCUT2D eigenvalue weighted by atomic mass is 9.92. The molecule has 5 heteroatoms. The Morgan fingerprint density at radius 1 is 0.893 bits per heavy atom. The van der Waals surface area contributed by atoms with Gasteiger partial charge in [-0.2, -0.15) is 0 Å². The van der Waals surface area contributed by atoms with E-state index in [1.807, 2.05) is 66.9 Å². The molecule has 1 aliphatic heterocycles. The molecule has 0 bridgehead atoms. The van der Waals surface area contributed by atoms with Crippen molar-refractivity contribution in [3.05, 3.63) is 70.9 Å². The Bertz CT molecular complexity index is 1080. The van der Waals surface area contributed by atoms with Crippen LogP contribution in [0.25, 0.3) is 22.4 Å². The Labute approximate surface area is 162 Å². The summed E-state index contributed by atoms with van der Waals surface area (Å²) in [5.41, 5.74) is 5.72. The standard InChI is InChI=1S/C23H21NO4/c1-13-3-7-15(8-4-13)18-19(23(27)28)21-17(22(25)26)11-12-24(21)20(18)16-9-5-14(2)6-10-16/h3-10,17H,11-12H2,1-2H3,(H,25,26)(H,27,28). The molecule has 0 aliphatic carbocycles. The first kappa shape index (κ1) is 18.0. The van der Waals surface area contributed by atoms with Gasteiger partial charge in [0.2, 0.25) is 0 Å². The highest BCUT2D eigenvalue weighted by Crippen LogP contribution is 2.46. The van der Waals surface area contributed by atoms with Crippen molar-refractivity contribution in [1.82, 2.24) is 4.57 Å². The minimum Gasteiger partial charge on any atom is -0.481 e. The van der Waals surface area contributed by atoms with Crippen molar-refractivity contribution in [2.24, 2.45) is 0 Å². The molecule has 0 saturated heterocycles. The zero-order chi connectivity index (χ0) is 20.0. The van der Waals surface area contributed by atoms with E-state index < -0.39 is 17.9 Å². The number of carboxylic acids is 2. The number of hydrogen-bond donors (Lipinski definition) is 2. The molecule has 1 aliphatic rings. The first-order valence-corrected chi connectivity index (χ1v) is 9.25. The van der Waals surface area contributed by atoms with Gasteiger partial charge in [-0.25, -0.2) is 4.79 Å². The Morgan fingerprint density at radius 3 is 1.93 bits per heavy atom. The number of aromatic carboxylic acids is 1. The third-order valence-electron chi connectivity index (χ3n) is 5.45. The van der Waals surface area contributed by atoms with E-state index in [1.165, 1.54) is 0 Å². The minimum absolute atomic E-state index is 0.101. The highest BCUT2D eigenvalue weighted by molar-refractivity contribution is 6.04. The fraction of sp³-hybridized carbons (Fsp3) is 0.217. The monoisotopic (exact) mass is 375 g/mol. The van der Waals surface area contributed by atoms with Crippen molar-refractivity contribution >= 4 is 11.9 Å². The van der Waals surface area contributed by atoms with Gasteiger partial charge >= 0.3 is 11.9 Å². The van der Waals surface area contributed by atoms with Gasteiger partial charge in [-0.1, -0.05) is 59.7 Å². The normalized spacial score (nSPS) is 15.4. The number of aromatic nitrogens is 1. The summed E-state index contributed by atoms with van der Waals surface area (Å²) in [6, 6.07) is 15.6. The summed E-state index contributed by atoms with van der Waals surface area (Å²) in [5.74, 6) is -2.88. The molecule has 3 aromatic rings. The number of fused-ring (bicyclic) bond motifs is 1. The average Bonchev–Trinajstić information content (AvgIpc) is 3.21. The fourth-order valence-electron chi connectivity index (χ4n) is 4.10. The maximum absolute atomic E-state index is 12.3. The van der Waals surface area contributed by atoms with Crippen LogP contribution >= 0.6 is 0 Å². The quantitative estimate of drug-likeness (QED) is 0.692. The van der Waals surface area contributed by atoms with Gasteiger partial charge in [0.25, 0.3) is 0 Å². The van der Waals surface area contributed by atoms with Crippen molar-refractivity contribution in [3.8, 4) is 22.4 Å². The number of hydrogen-bond acceptors (Lipinski definition) is 2. The van der Waals surface area contributed by atoms with E-state index in [4.69, 9.17) is 0 Å². The zero-order valence-corrected chi connectivity index (χ0v) is 15.8. The summed E-state index contributed by atoms with van der Waals surface area (Å²) in [7, 11) is 0. The molecule has 2 N–H and O–H groups in total. The van der Waals surface area contributed by atoms with Crippen LogP contribution in [0.15, 0.2) is 48.5 Å². The maximum Gasteiger partial charge on any atom is 0.338 e. The number of carboxylic acid groups (broad SMARTS) is 2. The molecule has 0 amide bonds. The Balaban J connectivity index is 2.09. The van der Waals surface area contributed by atoms with Crippen LogP contribution in [0, 0.1) is 13.8 Å². The summed E-state index contributed by atoms with van der Waals surface area (Å²) in [6.07, 6.45) is 0.401. The smallest absolute Gasteiger partial charge is 0.338 e. The van der Waals surface area contributed by atoms with Crippen molar-refractivity contribution in [3.63, 3.8) is 0 Å². The van der Waals surface area contributed by atoms with Crippen molar-refractivity contribution in [2.75, 3.05) is 0 Å². The molecule has 0 spiro atoms. The summed E-state index contributed by atoms with van der Waals surface area (Å²) >= 11 is 0. The van der Waals surface area contributed by atoms with Gasteiger partial charge in [0.05, 0.1) is 17.2 Å². The van der Waals surface area contributed by atoms with Crippen LogP contribution in [-0.4, -0.2) is 26.7 Å². The lowest BCUT2D eigenvalue weighted by Crippen LogP contribution is -2.12. The average molecular weight is 375 g/mol. The molecular formula is C23H21NO4. The SMILES string of the molecule is Cc1ccc(-c2c(C(=O)O)c3n(c2-c2ccc(C)cc2)CCC3C(=O)O)cc1. The minimum atomic E-state index is -1.09. The van der Waals surface area contributed by atoms with Crippen molar-refractivity contribution < 1.29 is 19.8 Å². The highest BCUT2D eigenvalue weighted by atomic mass is 16.4. The van der Waals surface area contributed by atoms with Crippen LogP contribution in [-0.2, 0) is 11.3 Å². The highest BCUT2D eigenvalue weighted by Gasteiger charge is 2.39. The van der Waals surface area contributed by atoms with Gasteiger partial charge < -0.3 is 14.8 Å². The molecule has 28 heavy (non-hydrogen) atoms. The molecule has 2 aromatic carbocycles. The molecule has 0 saturated carbocycles. The summed E-state index contributed by atoms with van der Waals surface area (Å²) < 4.78 is 1.89. The van der Waals surface area contributed by atoms with Gasteiger partial charge in [-0.05, 0) is 31.4 Å². The van der Waals surface area contributed by atoms with Gasteiger partial charge in [-0.3, -0.25) is 4.79 Å². The predicted molar refractivity (Wildman–Crippen MR) is 107 cm³/mol. The number of rotatable bonds is 4. The molecule has 0 radical (unpaired) electrons. The first-order chi connectivity index (χ1) is 13.4. The first-order valence-electron chi connectivity index (χ1n) is 9.25. The van der Waals surface area contributed by atoms with Gasteiger partial charge in [0, 0.05) is 17.8 Å². The third-order valence-corrected chi connectivity index (χ3v) is 5.45. The topological polar surface area (TPSA) is 79.5 Å². The van der Waals surface area contributed by atoms with Gasteiger partial charge in [0.1, 0.15) is 0 Å². The second-order valence-corrected chi connectivity index (χ2v) is 7.35. The van der Waals surface area contributed by atoms with Gasteiger partial charge in [0.15, 0.2) is 0 Å². The van der Waals surface area contributed by atoms with E-state index in [0.29, 0.717) is 24.2 Å². The van der Waals surface area contributed by atoms with E-state index in [2.05, 4.69) is 0 Å². The molecule has 1 unspecified atom stereocenters. The van der Waals surface area contributed by atoms with E-state index in [1.54, 1.807) is 0 Å². The Hall–Kier alpha value is -3.34. The number of aliphatic carboxylic acids is 1. The van der Waals surface area contributed by atoms with Crippen LogP contribution in [0.4, 0.5) is 0 Å². The predicted octanol–water partition coefficient (Wildman–Crippen LogP) is 4.71. The summed E-state index contributed by atoms with van der Waals surface area (Å²) in [5, 5.41) is 19.7. The summed E-state index contributed by atoms with van der Waals surface area (Å²) in [4.78, 5) is 24.1. The van der Waals surface area contributed by atoms with E-state index >= 15 is 0 Å². The molecule has 4 rings (SSSR count). The summed E-state index contributed by atoms with van der Waals surface area (Å²) in [6.45, 7) is 4.46. The molecule has 1 atom stereocenters. The van der Waals surface area contributed by atoms with Crippen LogP contribution in [0.3, 0.4) is 0 Å². The Morgan fingerprint density at radius 2 is 1.43 bits per heavy atom. The number of nitrogens with zero attached hydrogens (tertiary/aromatic N) is 1. The molecular weight excluding hydrogens is 354 g/mol.